The van der Waals surface area contributed by atoms with Crippen molar-refractivity contribution in [3.05, 3.63) is 35.9 Å². The number of nitrogens with zero attached hydrogens (tertiary/aromatic N) is 1. The summed E-state index contributed by atoms with van der Waals surface area (Å²) in [5.41, 5.74) is 0.869. The van der Waals surface area contributed by atoms with Gasteiger partial charge in [-0.1, -0.05) is 63.9 Å². The number of carbonyl (C=O) groups is 3. The highest BCUT2D eigenvalue weighted by Crippen LogP contribution is 2.25. The second-order valence-corrected chi connectivity index (χ2v) is 9.18. The Morgan fingerprint density at radius 2 is 1.84 bits per heavy atom. The van der Waals surface area contributed by atoms with E-state index in [4.69, 9.17) is 0 Å². The van der Waals surface area contributed by atoms with Crippen LogP contribution < -0.4 is 5.32 Å². The number of hydrogen-bond acceptors (Lipinski definition) is 3. The van der Waals surface area contributed by atoms with E-state index in [0.717, 1.165) is 50.6 Å². The largest absolute Gasteiger partial charge is 0.480 e. The van der Waals surface area contributed by atoms with Gasteiger partial charge in [0, 0.05) is 31.3 Å². The fourth-order valence-electron chi connectivity index (χ4n) is 4.67. The number of rotatable bonds is 13. The van der Waals surface area contributed by atoms with Crippen molar-refractivity contribution in [2.24, 2.45) is 11.8 Å². The maximum Gasteiger partial charge on any atom is 0.326 e. The number of aliphatic carboxylic acids is 1. The maximum atomic E-state index is 12.8. The molecule has 1 aliphatic heterocycles. The van der Waals surface area contributed by atoms with Gasteiger partial charge in [0.2, 0.25) is 11.8 Å². The first kappa shape index (κ1) is 25.9. The van der Waals surface area contributed by atoms with E-state index in [1.807, 2.05) is 42.2 Å². The zero-order valence-corrected chi connectivity index (χ0v) is 19.9. The Balaban J connectivity index is 1.86. The molecule has 0 unspecified atom stereocenters. The molecule has 2 amide bonds. The van der Waals surface area contributed by atoms with Crippen LogP contribution in [0.25, 0.3) is 0 Å². The van der Waals surface area contributed by atoms with Crippen LogP contribution in [-0.2, 0) is 20.8 Å². The van der Waals surface area contributed by atoms with Crippen LogP contribution in [0.2, 0.25) is 0 Å². The molecule has 6 nitrogen and oxygen atoms in total. The SMILES string of the molecule is CCC(CC)CCCC(=O)N1CCC[C@H]1C[C@@H](C)C(=O)N[C@@H](Cc1ccccc1)C(=O)O. The molecule has 1 aromatic rings. The van der Waals surface area contributed by atoms with Gasteiger partial charge < -0.3 is 15.3 Å². The third kappa shape index (κ3) is 7.95. The highest BCUT2D eigenvalue weighted by molar-refractivity contribution is 5.85. The molecule has 0 bridgehead atoms. The summed E-state index contributed by atoms with van der Waals surface area (Å²) in [5, 5.41) is 12.3. The number of likely N-dealkylation sites (tertiary alicyclic amines) is 1. The Hall–Kier alpha value is -2.37. The van der Waals surface area contributed by atoms with Crippen LogP contribution in [0, 0.1) is 11.8 Å². The van der Waals surface area contributed by atoms with Gasteiger partial charge in [0.25, 0.3) is 0 Å². The van der Waals surface area contributed by atoms with Crippen LogP contribution in [-0.4, -0.2) is 46.4 Å². The lowest BCUT2D eigenvalue weighted by Crippen LogP contribution is -2.46. The second-order valence-electron chi connectivity index (χ2n) is 9.18. The molecule has 178 valence electrons. The molecular formula is C26H40N2O4. The lowest BCUT2D eigenvalue weighted by molar-refractivity contribution is -0.142. The van der Waals surface area contributed by atoms with Gasteiger partial charge in [-0.2, -0.15) is 0 Å². The Morgan fingerprint density at radius 1 is 1.16 bits per heavy atom. The second kappa shape index (κ2) is 13.2. The summed E-state index contributed by atoms with van der Waals surface area (Å²) in [4.78, 5) is 39.2. The molecule has 6 heteroatoms. The molecule has 0 radical (unpaired) electrons. The van der Waals surface area contributed by atoms with Gasteiger partial charge in [0.05, 0.1) is 0 Å². The summed E-state index contributed by atoms with van der Waals surface area (Å²) in [6.07, 6.45) is 7.59. The average molecular weight is 445 g/mol. The predicted octanol–water partition coefficient (Wildman–Crippen LogP) is 4.42. The zero-order chi connectivity index (χ0) is 23.5. The summed E-state index contributed by atoms with van der Waals surface area (Å²) in [5.74, 6) is -0.765. The van der Waals surface area contributed by atoms with Crippen LogP contribution in [0.1, 0.15) is 77.7 Å². The third-order valence-corrected chi connectivity index (χ3v) is 6.83. The first-order valence-corrected chi connectivity index (χ1v) is 12.2. The number of benzene rings is 1. The molecule has 1 heterocycles. The number of hydrogen-bond donors (Lipinski definition) is 2. The molecule has 2 rings (SSSR count). The molecule has 3 atom stereocenters. The summed E-state index contributed by atoms with van der Waals surface area (Å²) >= 11 is 0. The molecule has 1 aromatic carbocycles. The van der Waals surface area contributed by atoms with Crippen molar-refractivity contribution in [3.8, 4) is 0 Å². The molecule has 0 aromatic heterocycles. The smallest absolute Gasteiger partial charge is 0.326 e. The molecule has 0 spiro atoms. The predicted molar refractivity (Wildman–Crippen MR) is 126 cm³/mol. The van der Waals surface area contributed by atoms with Gasteiger partial charge >= 0.3 is 5.97 Å². The van der Waals surface area contributed by atoms with Gasteiger partial charge in [0.15, 0.2) is 0 Å². The topological polar surface area (TPSA) is 86.7 Å². The minimum atomic E-state index is -1.04. The van der Waals surface area contributed by atoms with Crippen molar-refractivity contribution in [3.63, 3.8) is 0 Å². The van der Waals surface area contributed by atoms with Gasteiger partial charge in [-0.3, -0.25) is 9.59 Å². The van der Waals surface area contributed by atoms with Crippen molar-refractivity contribution in [1.29, 1.82) is 0 Å². The van der Waals surface area contributed by atoms with E-state index < -0.39 is 12.0 Å². The molecule has 0 saturated carbocycles. The first-order valence-electron chi connectivity index (χ1n) is 12.2. The third-order valence-electron chi connectivity index (χ3n) is 6.83. The minimum absolute atomic E-state index is 0.0637. The Kier molecular flexibility index (Phi) is 10.7. The lowest BCUT2D eigenvalue weighted by Gasteiger charge is -2.27. The Morgan fingerprint density at radius 3 is 2.47 bits per heavy atom. The van der Waals surface area contributed by atoms with Crippen molar-refractivity contribution in [1.82, 2.24) is 10.2 Å². The van der Waals surface area contributed by atoms with E-state index in [9.17, 15) is 19.5 Å². The number of carbonyl (C=O) groups excluding carboxylic acids is 2. The van der Waals surface area contributed by atoms with Gasteiger partial charge in [0.1, 0.15) is 6.04 Å². The summed E-state index contributed by atoms with van der Waals surface area (Å²) in [7, 11) is 0. The van der Waals surface area contributed by atoms with E-state index in [1.54, 1.807) is 0 Å². The van der Waals surface area contributed by atoms with Gasteiger partial charge in [-0.15, -0.1) is 0 Å². The molecule has 0 aliphatic carbocycles. The standard InChI is InChI=1S/C26H40N2O4/c1-4-20(5-2)13-9-15-24(29)28-16-10-14-22(28)17-19(3)25(30)27-23(26(31)32)18-21-11-7-6-8-12-21/h6-8,11-12,19-20,22-23H,4-5,9-10,13-18H2,1-3H3,(H,27,30)(H,31,32)/t19-,22+,23+/m1/s1. The lowest BCUT2D eigenvalue weighted by atomic mass is 9.96. The van der Waals surface area contributed by atoms with E-state index in [-0.39, 0.29) is 30.2 Å². The molecule has 1 aliphatic rings. The Bertz CT molecular complexity index is 733. The molecular weight excluding hydrogens is 404 g/mol. The quantitative estimate of drug-likeness (QED) is 0.471. The monoisotopic (exact) mass is 444 g/mol. The highest BCUT2D eigenvalue weighted by Gasteiger charge is 2.32. The van der Waals surface area contributed by atoms with Crippen LogP contribution in [0.5, 0.6) is 0 Å². The minimum Gasteiger partial charge on any atom is -0.480 e. The van der Waals surface area contributed by atoms with Crippen molar-refractivity contribution in [2.45, 2.75) is 90.6 Å². The molecule has 2 N–H and O–H groups in total. The zero-order valence-electron chi connectivity index (χ0n) is 19.9. The number of amides is 2. The highest BCUT2D eigenvalue weighted by atomic mass is 16.4. The van der Waals surface area contributed by atoms with Crippen molar-refractivity contribution in [2.75, 3.05) is 6.54 Å². The molecule has 1 fully saturated rings. The normalized spacial score (nSPS) is 17.9. The number of nitrogens with one attached hydrogen (secondary N) is 1. The van der Waals surface area contributed by atoms with Crippen molar-refractivity contribution >= 4 is 17.8 Å². The van der Waals surface area contributed by atoms with Crippen LogP contribution >= 0.6 is 0 Å². The van der Waals surface area contributed by atoms with Crippen LogP contribution in [0.3, 0.4) is 0 Å². The summed E-state index contributed by atoms with van der Waals surface area (Å²) in [6, 6.07) is 8.41. The van der Waals surface area contributed by atoms with E-state index >= 15 is 0 Å². The molecule has 32 heavy (non-hydrogen) atoms. The van der Waals surface area contributed by atoms with E-state index in [1.165, 1.54) is 0 Å². The van der Waals surface area contributed by atoms with E-state index in [2.05, 4.69) is 19.2 Å². The molecule has 1 saturated heterocycles. The van der Waals surface area contributed by atoms with E-state index in [0.29, 0.717) is 18.8 Å². The fraction of sp³-hybridized carbons (Fsp3) is 0.654. The van der Waals surface area contributed by atoms with Gasteiger partial charge in [-0.25, -0.2) is 4.79 Å². The first-order chi connectivity index (χ1) is 15.3. The summed E-state index contributed by atoms with van der Waals surface area (Å²) < 4.78 is 0. The van der Waals surface area contributed by atoms with Gasteiger partial charge in [-0.05, 0) is 43.6 Å². The summed E-state index contributed by atoms with van der Waals surface area (Å²) in [6.45, 7) is 6.99. The number of carboxylic acids is 1. The fourth-order valence-corrected chi connectivity index (χ4v) is 4.67. The number of carboxylic acid groups (broad SMARTS) is 1. The van der Waals surface area contributed by atoms with Crippen LogP contribution in [0.15, 0.2) is 30.3 Å². The van der Waals surface area contributed by atoms with Crippen molar-refractivity contribution < 1.29 is 19.5 Å². The maximum absolute atomic E-state index is 12.8. The van der Waals surface area contributed by atoms with Crippen LogP contribution in [0.4, 0.5) is 0 Å². The average Bonchev–Trinajstić information content (AvgIpc) is 3.24. The Labute approximate surface area is 192 Å².